The molecule has 0 aromatic heterocycles. The molecule has 0 saturated carbocycles. The fourth-order valence-corrected chi connectivity index (χ4v) is 1.97. The monoisotopic (exact) mass is 375 g/mol. The number of halogens is 5. The van der Waals surface area contributed by atoms with Crippen molar-refractivity contribution in [3.63, 3.8) is 0 Å². The molecule has 2 aromatic carbocycles. The molecule has 0 bridgehead atoms. The van der Waals surface area contributed by atoms with Gasteiger partial charge >= 0.3 is 12.1 Å². The molecule has 4 nitrogen and oxygen atoms in total. The van der Waals surface area contributed by atoms with Gasteiger partial charge in [0.1, 0.15) is 22.9 Å². The molecule has 9 heteroatoms. The molecular formula is C16H10ClF4NO3. The van der Waals surface area contributed by atoms with Gasteiger partial charge in [-0.25, -0.2) is 14.2 Å². The Bertz CT molecular complexity index is 850. The first kappa shape index (κ1) is 18.7. The van der Waals surface area contributed by atoms with Crippen molar-refractivity contribution in [3.8, 4) is 11.5 Å². The number of benzene rings is 2. The molecule has 0 unspecified atom stereocenters. The lowest BCUT2D eigenvalue weighted by atomic mass is 10.1. The second kappa shape index (κ2) is 7.10. The van der Waals surface area contributed by atoms with Gasteiger partial charge in [0.05, 0.1) is 5.69 Å². The summed E-state index contributed by atoms with van der Waals surface area (Å²) in [7, 11) is 0. The summed E-state index contributed by atoms with van der Waals surface area (Å²) < 4.78 is 56.2. The second-order valence-electron chi connectivity index (χ2n) is 4.85. The molecule has 0 atom stereocenters. The number of hydrogen-bond donors (Lipinski definition) is 1. The minimum Gasteiger partial charge on any atom is -0.478 e. The van der Waals surface area contributed by atoms with E-state index >= 15 is 0 Å². The van der Waals surface area contributed by atoms with Gasteiger partial charge in [-0.05, 0) is 31.2 Å². The Morgan fingerprint density at radius 2 is 1.88 bits per heavy atom. The maximum atomic E-state index is 13.4. The predicted molar refractivity (Wildman–Crippen MR) is 83.6 cm³/mol. The lowest BCUT2D eigenvalue weighted by Crippen LogP contribution is -2.16. The van der Waals surface area contributed by atoms with Gasteiger partial charge < -0.3 is 9.84 Å². The summed E-state index contributed by atoms with van der Waals surface area (Å²) in [4.78, 5) is 14.5. The van der Waals surface area contributed by atoms with Gasteiger partial charge in [-0.15, -0.1) is 0 Å². The Balaban J connectivity index is 2.45. The summed E-state index contributed by atoms with van der Waals surface area (Å²) >= 11 is 5.12. The molecule has 0 aliphatic carbocycles. The van der Waals surface area contributed by atoms with Crippen molar-refractivity contribution in [3.05, 3.63) is 53.3 Å². The zero-order chi connectivity index (χ0) is 18.8. The number of alkyl halides is 3. The fraction of sp³-hybridized carbons (Fsp3) is 0.125. The Labute approximate surface area is 144 Å². The van der Waals surface area contributed by atoms with E-state index in [4.69, 9.17) is 21.4 Å². The normalized spacial score (nSPS) is 12.2. The average Bonchev–Trinajstić information content (AvgIpc) is 2.50. The summed E-state index contributed by atoms with van der Waals surface area (Å²) in [6.45, 7) is 1.41. The van der Waals surface area contributed by atoms with Gasteiger partial charge in [0, 0.05) is 11.6 Å². The third kappa shape index (κ3) is 4.48. The molecule has 1 N–H and O–H groups in total. The molecule has 0 amide bonds. The molecule has 0 heterocycles. The minimum atomic E-state index is -4.80. The maximum absolute atomic E-state index is 13.4. The zero-order valence-corrected chi connectivity index (χ0v) is 13.3. The molecule has 0 radical (unpaired) electrons. The Hall–Kier alpha value is -2.61. The quantitative estimate of drug-likeness (QED) is 0.570. The highest BCUT2D eigenvalue weighted by molar-refractivity contribution is 6.67. The van der Waals surface area contributed by atoms with Crippen molar-refractivity contribution in [2.75, 3.05) is 0 Å². The van der Waals surface area contributed by atoms with Gasteiger partial charge in [0.2, 0.25) is 5.17 Å². The number of nitrogens with zero attached hydrogens (tertiary/aromatic N) is 1. The van der Waals surface area contributed by atoms with Gasteiger partial charge in [-0.2, -0.15) is 13.2 Å². The van der Waals surface area contributed by atoms with Gasteiger partial charge in [-0.3, -0.25) is 0 Å². The van der Waals surface area contributed by atoms with Crippen LogP contribution in [0, 0.1) is 12.7 Å². The number of aliphatic imine (C=N–C) groups is 1. The third-order valence-corrected chi connectivity index (χ3v) is 3.40. The van der Waals surface area contributed by atoms with Crippen LogP contribution in [0.15, 0.2) is 41.4 Å². The third-order valence-electron chi connectivity index (χ3n) is 3.10. The highest BCUT2D eigenvalue weighted by Crippen LogP contribution is 2.34. The highest BCUT2D eigenvalue weighted by atomic mass is 35.5. The molecule has 2 aromatic rings. The summed E-state index contributed by atoms with van der Waals surface area (Å²) in [5, 5.41) is 7.54. The van der Waals surface area contributed by atoms with Crippen LogP contribution in [-0.4, -0.2) is 22.4 Å². The lowest BCUT2D eigenvalue weighted by molar-refractivity contribution is -0.0558. The van der Waals surface area contributed by atoms with Crippen LogP contribution < -0.4 is 4.74 Å². The first-order chi connectivity index (χ1) is 11.6. The van der Waals surface area contributed by atoms with E-state index in [2.05, 4.69) is 4.99 Å². The van der Waals surface area contributed by atoms with Crippen molar-refractivity contribution >= 4 is 28.4 Å². The summed E-state index contributed by atoms with van der Waals surface area (Å²) in [6.07, 6.45) is -4.80. The second-order valence-corrected chi connectivity index (χ2v) is 5.21. The molecule has 25 heavy (non-hydrogen) atoms. The highest BCUT2D eigenvalue weighted by Gasteiger charge is 2.34. The minimum absolute atomic E-state index is 0.0148. The molecule has 2 rings (SSSR count). The molecule has 0 saturated heterocycles. The molecule has 132 valence electrons. The lowest BCUT2D eigenvalue weighted by Gasteiger charge is -2.13. The van der Waals surface area contributed by atoms with Crippen molar-refractivity contribution in [1.82, 2.24) is 0 Å². The zero-order valence-electron chi connectivity index (χ0n) is 12.6. The standard InChI is InChI=1S/C16H10ClF4NO3/c1-8-11(22-15(17)16(19,20)21)3-2-4-12(8)25-13-7-9(18)5-6-10(13)14(23)24/h2-7H,1H3,(H,23,24). The van der Waals surface area contributed by atoms with Crippen LogP contribution in [0.5, 0.6) is 11.5 Å². The maximum Gasteiger partial charge on any atom is 0.444 e. The number of carboxylic acids is 1. The SMILES string of the molecule is Cc1c(N=C(Cl)C(F)(F)F)cccc1Oc1cc(F)ccc1C(=O)O. The van der Waals surface area contributed by atoms with Crippen LogP contribution in [0.3, 0.4) is 0 Å². The Morgan fingerprint density at radius 1 is 1.20 bits per heavy atom. The van der Waals surface area contributed by atoms with Crippen LogP contribution >= 0.6 is 11.6 Å². The molecule has 0 fully saturated rings. The summed E-state index contributed by atoms with van der Waals surface area (Å²) in [5.41, 5.74) is -0.248. The number of carbonyl (C=O) groups is 1. The van der Waals surface area contributed by atoms with Gasteiger partial charge in [0.25, 0.3) is 0 Å². The first-order valence-electron chi connectivity index (χ1n) is 6.71. The topological polar surface area (TPSA) is 58.9 Å². The van der Waals surface area contributed by atoms with Gasteiger partial charge in [-0.1, -0.05) is 17.7 Å². The summed E-state index contributed by atoms with van der Waals surface area (Å²) in [6, 6.07) is 6.84. The van der Waals surface area contributed by atoms with E-state index < -0.39 is 23.1 Å². The van der Waals surface area contributed by atoms with E-state index in [9.17, 15) is 22.4 Å². The predicted octanol–water partition coefficient (Wildman–Crippen LogP) is 5.46. The van der Waals surface area contributed by atoms with Crippen LogP contribution in [0.4, 0.5) is 23.2 Å². The smallest absolute Gasteiger partial charge is 0.444 e. The molecule has 0 aliphatic rings. The first-order valence-corrected chi connectivity index (χ1v) is 7.09. The van der Waals surface area contributed by atoms with Crippen LogP contribution in [0.1, 0.15) is 15.9 Å². The number of hydrogen-bond acceptors (Lipinski definition) is 3. The largest absolute Gasteiger partial charge is 0.478 e. The van der Waals surface area contributed by atoms with Crippen molar-refractivity contribution in [2.24, 2.45) is 4.99 Å². The number of ether oxygens (including phenoxy) is 1. The number of rotatable bonds is 4. The average molecular weight is 376 g/mol. The molecule has 0 aliphatic heterocycles. The van der Waals surface area contributed by atoms with Crippen LogP contribution in [-0.2, 0) is 0 Å². The molecular weight excluding hydrogens is 366 g/mol. The number of carboxylic acid groups (broad SMARTS) is 1. The van der Waals surface area contributed by atoms with Crippen molar-refractivity contribution < 1.29 is 32.2 Å². The van der Waals surface area contributed by atoms with E-state index in [0.29, 0.717) is 0 Å². The van der Waals surface area contributed by atoms with E-state index in [1.165, 1.54) is 25.1 Å². The number of aromatic carboxylic acids is 1. The van der Waals surface area contributed by atoms with Gasteiger partial charge in [0.15, 0.2) is 0 Å². The van der Waals surface area contributed by atoms with E-state index in [1.807, 2.05) is 0 Å². The fourth-order valence-electron chi connectivity index (χ4n) is 1.88. The van der Waals surface area contributed by atoms with E-state index in [1.54, 1.807) is 0 Å². The summed E-state index contributed by atoms with van der Waals surface area (Å²) in [5.74, 6) is -2.35. The Morgan fingerprint density at radius 3 is 2.48 bits per heavy atom. The van der Waals surface area contributed by atoms with E-state index in [-0.39, 0.29) is 28.3 Å². The van der Waals surface area contributed by atoms with Crippen molar-refractivity contribution in [1.29, 1.82) is 0 Å². The molecule has 0 spiro atoms. The van der Waals surface area contributed by atoms with E-state index in [0.717, 1.165) is 18.2 Å². The Kier molecular flexibility index (Phi) is 5.32. The van der Waals surface area contributed by atoms with Crippen molar-refractivity contribution in [2.45, 2.75) is 13.1 Å². The van der Waals surface area contributed by atoms with Crippen LogP contribution in [0.2, 0.25) is 0 Å². The van der Waals surface area contributed by atoms with Crippen LogP contribution in [0.25, 0.3) is 0 Å².